The van der Waals surface area contributed by atoms with Crippen LogP contribution in [0, 0.1) is 32.1 Å². The standard InChI is InChI=1S/C39H46N4O4/c1-8-11-26-22(4)31-19-36-39(6)28(14-13-24(20-45)37(39)38(46)47-7)35(43-36)17-30-21(3)25(9-2)32(40-30)16-29-23(5)27(12-10-15-44)34(41-29)18-33(26)42-31/h9,13-14,16-19,37,40-45H,2,8,10-12,15,20H2,1,3-7H3. The van der Waals surface area contributed by atoms with Crippen molar-refractivity contribution in [2.75, 3.05) is 20.3 Å². The molecule has 2 unspecified atom stereocenters. The summed E-state index contributed by atoms with van der Waals surface area (Å²) in [7, 11) is 1.40. The van der Waals surface area contributed by atoms with E-state index in [4.69, 9.17) is 4.74 Å². The average molecular weight is 635 g/mol. The number of rotatable bonds is 8. The summed E-state index contributed by atoms with van der Waals surface area (Å²) in [6, 6.07) is 0. The number of ether oxygens (including phenoxy) is 1. The molecule has 8 bridgehead atoms. The normalized spacial score (nSPS) is 19.8. The van der Waals surface area contributed by atoms with Crippen LogP contribution in [0.5, 0.6) is 0 Å². The summed E-state index contributed by atoms with van der Waals surface area (Å²) in [5, 5.41) is 25.8. The van der Waals surface area contributed by atoms with Crippen molar-refractivity contribution in [1.82, 2.24) is 20.3 Å². The zero-order valence-electron chi connectivity index (χ0n) is 28.3. The lowest BCUT2D eigenvalue weighted by atomic mass is 9.65. The Morgan fingerprint density at radius 1 is 0.915 bits per heavy atom. The molecule has 2 aliphatic heterocycles. The van der Waals surface area contributed by atoms with Crippen LogP contribution in [0.2, 0.25) is 0 Å². The minimum atomic E-state index is -0.828. The molecule has 0 spiro atoms. The number of nitrogens with one attached hydrogen (secondary N) is 4. The number of hydrogen-bond donors (Lipinski definition) is 6. The molecule has 8 nitrogen and oxygen atoms in total. The lowest BCUT2D eigenvalue weighted by Gasteiger charge is -2.37. The first-order valence-electron chi connectivity index (χ1n) is 16.5. The highest BCUT2D eigenvalue weighted by Crippen LogP contribution is 2.55. The molecule has 47 heavy (non-hydrogen) atoms. The van der Waals surface area contributed by atoms with E-state index in [2.05, 4.69) is 85.8 Å². The van der Waals surface area contributed by atoms with Gasteiger partial charge in [0, 0.05) is 57.0 Å². The van der Waals surface area contributed by atoms with E-state index >= 15 is 0 Å². The molecule has 1 fully saturated rings. The summed E-state index contributed by atoms with van der Waals surface area (Å²) in [6.07, 6.45) is 17.6. The molecule has 0 saturated carbocycles. The van der Waals surface area contributed by atoms with E-state index in [-0.39, 0.29) is 13.2 Å². The molecular formula is C39H46N4O4. The number of aliphatic hydroxyl groups excluding tert-OH is 2. The number of carbonyl (C=O) groups is 1. The second-order valence-electron chi connectivity index (χ2n) is 13.1. The quantitative estimate of drug-likeness (QED) is 0.200. The van der Waals surface area contributed by atoms with E-state index in [1.54, 1.807) is 0 Å². The Kier molecular flexibility index (Phi) is 8.68. The molecule has 8 heteroatoms. The van der Waals surface area contributed by atoms with Crippen molar-refractivity contribution >= 4 is 36.3 Å². The highest BCUT2D eigenvalue weighted by Gasteiger charge is 2.53. The van der Waals surface area contributed by atoms with Crippen LogP contribution in [-0.4, -0.2) is 51.5 Å². The lowest BCUT2D eigenvalue weighted by Crippen LogP contribution is -2.39. The van der Waals surface area contributed by atoms with Gasteiger partial charge in [0.05, 0.1) is 25.0 Å². The van der Waals surface area contributed by atoms with Crippen LogP contribution in [0.25, 0.3) is 30.4 Å². The van der Waals surface area contributed by atoms with Crippen molar-refractivity contribution < 1.29 is 19.7 Å². The van der Waals surface area contributed by atoms with Gasteiger partial charge in [-0.05, 0) is 110 Å². The monoisotopic (exact) mass is 634 g/mol. The predicted octanol–water partition coefficient (Wildman–Crippen LogP) is 4.73. The molecule has 6 N–H and O–H groups in total. The van der Waals surface area contributed by atoms with E-state index in [1.165, 1.54) is 18.2 Å². The summed E-state index contributed by atoms with van der Waals surface area (Å²) >= 11 is 0. The number of H-pyrrole nitrogens is 3. The van der Waals surface area contributed by atoms with Gasteiger partial charge in [-0.3, -0.25) is 4.79 Å². The fraction of sp³-hybridized carbons (Fsp3) is 0.359. The van der Waals surface area contributed by atoms with Crippen molar-refractivity contribution in [3.8, 4) is 0 Å². The van der Waals surface area contributed by atoms with Gasteiger partial charge in [0.2, 0.25) is 0 Å². The molecule has 2 atom stereocenters. The summed E-state index contributed by atoms with van der Waals surface area (Å²) < 4.78 is 5.35. The van der Waals surface area contributed by atoms with E-state index < -0.39 is 17.3 Å². The smallest absolute Gasteiger partial charge is 0.314 e. The maximum atomic E-state index is 13.5. The van der Waals surface area contributed by atoms with E-state index in [0.29, 0.717) is 12.0 Å². The molecule has 0 amide bonds. The fourth-order valence-electron chi connectivity index (χ4n) is 7.74. The number of fused-ring (bicyclic) bond motifs is 11. The Bertz CT molecular complexity index is 2030. The summed E-state index contributed by atoms with van der Waals surface area (Å²) in [6.45, 7) is 14.6. The Labute approximate surface area is 276 Å². The van der Waals surface area contributed by atoms with Crippen LogP contribution in [0.3, 0.4) is 0 Å². The van der Waals surface area contributed by atoms with Crippen LogP contribution in [0.4, 0.5) is 0 Å². The third-order valence-corrected chi connectivity index (χ3v) is 10.4. The number of aliphatic hydroxyl groups is 2. The van der Waals surface area contributed by atoms with Gasteiger partial charge in [0.15, 0.2) is 0 Å². The minimum Gasteiger partial charge on any atom is -0.469 e. The van der Waals surface area contributed by atoms with Gasteiger partial charge in [-0.25, -0.2) is 0 Å². The molecule has 1 saturated heterocycles. The van der Waals surface area contributed by atoms with Crippen molar-refractivity contribution in [1.29, 1.82) is 0 Å². The highest BCUT2D eigenvalue weighted by molar-refractivity contribution is 5.84. The number of aromatic amines is 3. The highest BCUT2D eigenvalue weighted by atomic mass is 16.5. The van der Waals surface area contributed by atoms with Gasteiger partial charge in [-0.1, -0.05) is 38.2 Å². The van der Waals surface area contributed by atoms with Crippen molar-refractivity contribution in [2.24, 2.45) is 11.3 Å². The maximum Gasteiger partial charge on any atom is 0.314 e. The first-order valence-corrected chi connectivity index (χ1v) is 16.5. The molecule has 0 radical (unpaired) electrons. The number of carbonyl (C=O) groups excluding carboxylic acids is 1. The van der Waals surface area contributed by atoms with Crippen molar-refractivity contribution in [2.45, 2.75) is 60.3 Å². The maximum absolute atomic E-state index is 13.5. The van der Waals surface area contributed by atoms with Crippen molar-refractivity contribution in [3.05, 3.63) is 108 Å². The number of aromatic nitrogens is 3. The number of allylic oxidation sites excluding steroid dienone is 4. The topological polar surface area (TPSA) is 126 Å². The van der Waals surface area contributed by atoms with Gasteiger partial charge < -0.3 is 35.2 Å². The molecule has 6 rings (SSSR count). The second-order valence-corrected chi connectivity index (χ2v) is 13.1. The van der Waals surface area contributed by atoms with Crippen LogP contribution < -0.4 is 16.0 Å². The van der Waals surface area contributed by atoms with Gasteiger partial charge in [-0.15, -0.1) is 0 Å². The Hall–Kier alpha value is -4.53. The Morgan fingerprint density at radius 3 is 2.32 bits per heavy atom. The first kappa shape index (κ1) is 32.4. The van der Waals surface area contributed by atoms with Gasteiger partial charge in [0.25, 0.3) is 0 Å². The SMILES string of the molecule is C=Cc1c2[nH]c(c1C)C=C1NC(=Cc3[nH]c(c(CCC)c3C)C=c3[nH]c(c(C)c3CCCO)=C2)C2(C)C1=CC=C(CO)C2C(=O)OC. The number of methoxy groups -OCH3 is 1. The molecule has 0 aromatic carbocycles. The van der Waals surface area contributed by atoms with Gasteiger partial charge >= 0.3 is 5.97 Å². The molecule has 1 aliphatic carbocycles. The molecule has 3 aromatic rings. The van der Waals surface area contributed by atoms with Gasteiger partial charge in [0.1, 0.15) is 0 Å². The Balaban J connectivity index is 1.72. The van der Waals surface area contributed by atoms with E-state index in [0.717, 1.165) is 92.0 Å². The zero-order chi connectivity index (χ0) is 33.6. The molecule has 3 aliphatic rings. The van der Waals surface area contributed by atoms with Crippen molar-refractivity contribution in [3.63, 3.8) is 0 Å². The van der Waals surface area contributed by atoms with Crippen LogP contribution >= 0.6 is 0 Å². The molecular weight excluding hydrogens is 588 g/mol. The minimum absolute atomic E-state index is 0.125. The molecule has 246 valence electrons. The molecule has 5 heterocycles. The van der Waals surface area contributed by atoms with Gasteiger partial charge in [-0.2, -0.15) is 0 Å². The predicted molar refractivity (Wildman–Crippen MR) is 188 cm³/mol. The first-order chi connectivity index (χ1) is 22.6. The Morgan fingerprint density at radius 2 is 1.64 bits per heavy atom. The number of esters is 1. The lowest BCUT2D eigenvalue weighted by molar-refractivity contribution is -0.146. The fourth-order valence-corrected chi connectivity index (χ4v) is 7.74. The van der Waals surface area contributed by atoms with Crippen LogP contribution in [0.1, 0.15) is 82.8 Å². The summed E-state index contributed by atoms with van der Waals surface area (Å²) in [5.74, 6) is -1.11. The van der Waals surface area contributed by atoms with E-state index in [1.807, 2.05) is 18.2 Å². The van der Waals surface area contributed by atoms with Crippen LogP contribution in [-0.2, 0) is 22.4 Å². The third-order valence-electron chi connectivity index (χ3n) is 10.4. The zero-order valence-corrected chi connectivity index (χ0v) is 28.3. The second kappa shape index (κ2) is 12.6. The average Bonchev–Trinajstić information content (AvgIpc) is 3.71. The van der Waals surface area contributed by atoms with E-state index in [9.17, 15) is 15.0 Å². The third kappa shape index (κ3) is 5.20. The molecule has 3 aromatic heterocycles. The number of hydrogen-bond acceptors (Lipinski definition) is 5. The largest absolute Gasteiger partial charge is 0.469 e. The van der Waals surface area contributed by atoms with Crippen LogP contribution in [0.15, 0.2) is 41.3 Å². The summed E-state index contributed by atoms with van der Waals surface area (Å²) in [5.41, 5.74) is 13.1. The summed E-state index contributed by atoms with van der Waals surface area (Å²) in [4.78, 5) is 24.6.